The molecule has 13 heteroatoms. The van der Waals surface area contributed by atoms with E-state index >= 15 is 0 Å². The van der Waals surface area contributed by atoms with E-state index in [0.717, 1.165) is 5.57 Å². The zero-order valence-corrected chi connectivity index (χ0v) is 29.1. The Bertz CT molecular complexity index is 1300. The molecule has 0 amide bonds. The summed E-state index contributed by atoms with van der Waals surface area (Å²) < 4.78 is 11.4. The van der Waals surface area contributed by atoms with Gasteiger partial charge >= 0.3 is 5.97 Å². The maximum Gasteiger partial charge on any atom is 0.315 e. The first kappa shape index (κ1) is 37.5. The molecular weight excluding hydrogens is 640 g/mol. The summed E-state index contributed by atoms with van der Waals surface area (Å²) in [6, 6.07) is 0. The van der Waals surface area contributed by atoms with E-state index in [-0.39, 0.29) is 30.1 Å². The molecule has 0 aromatic rings. The number of ether oxygens (including phenoxy) is 2. The van der Waals surface area contributed by atoms with Crippen LogP contribution in [0.2, 0.25) is 0 Å². The smallest absolute Gasteiger partial charge is 0.315 e. The Balaban J connectivity index is 1.41. The Morgan fingerprint density at radius 1 is 0.878 bits per heavy atom. The van der Waals surface area contributed by atoms with Gasteiger partial charge in [-0.2, -0.15) is 0 Å². The van der Waals surface area contributed by atoms with Crippen molar-refractivity contribution in [3.8, 4) is 0 Å². The highest BCUT2D eigenvalue weighted by Crippen LogP contribution is 2.76. The van der Waals surface area contributed by atoms with E-state index in [0.29, 0.717) is 38.5 Å². The summed E-state index contributed by atoms with van der Waals surface area (Å²) in [5, 5.41) is 107. The topological polar surface area (TPSA) is 238 Å². The van der Waals surface area contributed by atoms with Crippen LogP contribution in [0.25, 0.3) is 0 Å². The maximum absolute atomic E-state index is 14.5. The normalized spacial score (nSPS) is 53.7. The number of hydrogen-bond acceptors (Lipinski definition) is 13. The summed E-state index contributed by atoms with van der Waals surface area (Å²) in [6.45, 7) is 6.29. The van der Waals surface area contributed by atoms with Crippen molar-refractivity contribution in [1.82, 2.24) is 0 Å². The third-order valence-corrected chi connectivity index (χ3v) is 15.8. The minimum Gasteiger partial charge on any atom is -0.432 e. The summed E-state index contributed by atoms with van der Waals surface area (Å²) in [5.41, 5.74) is -4.38. The fourth-order valence-electron chi connectivity index (χ4n) is 12.5. The molecule has 280 valence electrons. The second-order valence-electron chi connectivity index (χ2n) is 17.3. The maximum atomic E-state index is 14.5. The number of aliphatic hydroxyl groups is 10. The summed E-state index contributed by atoms with van der Waals surface area (Å²) in [4.78, 5) is 14.5. The van der Waals surface area contributed by atoms with Crippen LogP contribution < -0.4 is 0 Å². The lowest BCUT2D eigenvalue weighted by atomic mass is 9.33. The quantitative estimate of drug-likeness (QED) is 0.123. The second kappa shape index (κ2) is 12.4. The van der Waals surface area contributed by atoms with Gasteiger partial charge in [-0.25, -0.2) is 0 Å². The summed E-state index contributed by atoms with van der Waals surface area (Å²) in [5.74, 6) is -2.12. The van der Waals surface area contributed by atoms with Crippen LogP contribution in [0.4, 0.5) is 0 Å². The number of fused-ring (bicyclic) bond motifs is 7. The van der Waals surface area contributed by atoms with Crippen LogP contribution >= 0.6 is 0 Å². The molecule has 0 aromatic heterocycles. The van der Waals surface area contributed by atoms with Gasteiger partial charge in [0, 0.05) is 11.3 Å². The highest BCUT2D eigenvalue weighted by molar-refractivity contribution is 5.79. The number of esters is 1. The van der Waals surface area contributed by atoms with Crippen molar-refractivity contribution >= 4 is 5.97 Å². The Kier molecular flexibility index (Phi) is 9.52. The van der Waals surface area contributed by atoms with Gasteiger partial charge in [0.05, 0.1) is 49.7 Å². The van der Waals surface area contributed by atoms with Gasteiger partial charge in [0.1, 0.15) is 24.4 Å². The van der Waals surface area contributed by atoms with Crippen LogP contribution in [0, 0.1) is 50.7 Å². The van der Waals surface area contributed by atoms with Gasteiger partial charge in [0.25, 0.3) is 0 Å². The van der Waals surface area contributed by atoms with E-state index in [2.05, 4.69) is 26.8 Å². The van der Waals surface area contributed by atoms with Crippen LogP contribution in [0.3, 0.4) is 0 Å². The number of carbonyl (C=O) groups is 1. The molecule has 13 nitrogen and oxygen atoms in total. The zero-order valence-electron chi connectivity index (χ0n) is 29.1. The number of allylic oxidation sites excluding steroid dienone is 2. The van der Waals surface area contributed by atoms with Gasteiger partial charge in [-0.05, 0) is 85.4 Å². The first-order valence-corrected chi connectivity index (χ1v) is 18.0. The largest absolute Gasteiger partial charge is 0.432 e. The van der Waals surface area contributed by atoms with Gasteiger partial charge in [-0.3, -0.25) is 4.79 Å². The van der Waals surface area contributed by atoms with Gasteiger partial charge in [0.2, 0.25) is 6.29 Å². The van der Waals surface area contributed by atoms with E-state index in [1.807, 2.05) is 6.92 Å². The molecule has 1 saturated heterocycles. The van der Waals surface area contributed by atoms with E-state index in [4.69, 9.17) is 9.47 Å². The average Bonchev–Trinajstić information content (AvgIpc) is 3.08. The number of hydrogen-bond donors (Lipinski definition) is 10. The molecular formula is C36H58O13. The molecule has 10 N–H and O–H groups in total. The molecule has 6 aliphatic rings. The van der Waals surface area contributed by atoms with E-state index < -0.39 is 114 Å². The average molecular weight is 699 g/mol. The molecule has 0 aromatic carbocycles. The Morgan fingerprint density at radius 2 is 1.53 bits per heavy atom. The Hall–Kier alpha value is -1.23. The molecule has 1 aliphatic heterocycles. The van der Waals surface area contributed by atoms with Crippen molar-refractivity contribution in [3.63, 3.8) is 0 Å². The molecule has 4 saturated carbocycles. The third-order valence-electron chi connectivity index (χ3n) is 15.8. The minimum atomic E-state index is -1.76. The van der Waals surface area contributed by atoms with Crippen LogP contribution in [0.1, 0.15) is 79.1 Å². The zero-order chi connectivity index (χ0) is 36.1. The number of rotatable bonds is 6. The van der Waals surface area contributed by atoms with Gasteiger partial charge in [-0.15, -0.1) is 0 Å². The van der Waals surface area contributed by atoms with Gasteiger partial charge in [-0.1, -0.05) is 39.3 Å². The fourth-order valence-corrected chi connectivity index (χ4v) is 12.5. The van der Waals surface area contributed by atoms with Crippen molar-refractivity contribution in [1.29, 1.82) is 0 Å². The molecule has 16 atom stereocenters. The van der Waals surface area contributed by atoms with Crippen molar-refractivity contribution in [2.75, 3.05) is 26.4 Å². The molecule has 0 radical (unpaired) electrons. The van der Waals surface area contributed by atoms with Crippen molar-refractivity contribution < 1.29 is 65.3 Å². The second-order valence-corrected chi connectivity index (χ2v) is 17.3. The lowest BCUT2D eigenvalue weighted by Crippen LogP contribution is -2.70. The summed E-state index contributed by atoms with van der Waals surface area (Å²) >= 11 is 0. The van der Waals surface area contributed by atoms with Crippen LogP contribution in [-0.4, -0.2) is 132 Å². The molecule has 5 aliphatic carbocycles. The SMILES string of the molecule is CC1C2C3=CCC4C5(C)CC(O)C(O)C(CO)(CO)C5CCC4(C)C3(C)CCC2(C(=O)OC2OC(CO)C(O)C(O)C2O)CCC1(O)CO. The van der Waals surface area contributed by atoms with Crippen molar-refractivity contribution in [2.24, 2.45) is 50.7 Å². The number of aliphatic hydroxyl groups excluding tert-OH is 9. The summed E-state index contributed by atoms with van der Waals surface area (Å²) in [6.07, 6.45) is -4.86. The Morgan fingerprint density at radius 3 is 2.14 bits per heavy atom. The van der Waals surface area contributed by atoms with E-state index in [9.17, 15) is 55.9 Å². The molecule has 16 unspecified atom stereocenters. The highest BCUT2D eigenvalue weighted by Gasteiger charge is 2.72. The lowest BCUT2D eigenvalue weighted by Gasteiger charge is -2.72. The predicted molar refractivity (Wildman–Crippen MR) is 172 cm³/mol. The molecule has 0 bridgehead atoms. The van der Waals surface area contributed by atoms with Crippen molar-refractivity contribution in [2.45, 2.75) is 128 Å². The molecule has 5 fully saturated rings. The molecule has 1 heterocycles. The molecule has 0 spiro atoms. The standard InChI is InChI=1S/C36H58O13/c1-18-24-19-5-6-22-31(2)13-20(41)28(45)35(15-38,16-39)23(31)7-8-33(22,4)32(19,3)9-10-34(24,11-12-36(18,47)17-40)30(46)49-29-27(44)26(43)25(42)21(14-37)48-29/h5,18,20-29,37-45,47H,6-17H2,1-4H3. The molecule has 6 rings (SSSR count). The fraction of sp³-hybridized carbons (Fsp3) is 0.917. The lowest BCUT2D eigenvalue weighted by molar-refractivity contribution is -0.299. The van der Waals surface area contributed by atoms with Crippen molar-refractivity contribution in [3.05, 3.63) is 11.6 Å². The van der Waals surface area contributed by atoms with Crippen LogP contribution in [-0.2, 0) is 14.3 Å². The minimum absolute atomic E-state index is 0.0173. The summed E-state index contributed by atoms with van der Waals surface area (Å²) in [7, 11) is 0. The first-order chi connectivity index (χ1) is 22.9. The Labute approximate surface area is 287 Å². The van der Waals surface area contributed by atoms with Crippen LogP contribution in [0.5, 0.6) is 0 Å². The van der Waals surface area contributed by atoms with Gasteiger partial charge < -0.3 is 60.5 Å². The van der Waals surface area contributed by atoms with E-state index in [1.54, 1.807) is 0 Å². The predicted octanol–water partition coefficient (Wildman–Crippen LogP) is -0.649. The third kappa shape index (κ3) is 4.87. The monoisotopic (exact) mass is 698 g/mol. The van der Waals surface area contributed by atoms with Gasteiger partial charge in [0.15, 0.2) is 0 Å². The first-order valence-electron chi connectivity index (χ1n) is 18.0. The highest BCUT2D eigenvalue weighted by atomic mass is 16.7. The van der Waals surface area contributed by atoms with E-state index in [1.165, 1.54) is 0 Å². The molecule has 49 heavy (non-hydrogen) atoms. The number of carbonyl (C=O) groups excluding carboxylic acids is 1. The van der Waals surface area contributed by atoms with Crippen LogP contribution in [0.15, 0.2) is 11.6 Å².